The molecule has 2 aliphatic rings. The van der Waals surface area contributed by atoms with Gasteiger partial charge in [0.05, 0.1) is 16.9 Å². The summed E-state index contributed by atoms with van der Waals surface area (Å²) in [6, 6.07) is 8.34. The van der Waals surface area contributed by atoms with E-state index < -0.39 is 11.7 Å². The van der Waals surface area contributed by atoms with Gasteiger partial charge in [0.25, 0.3) is 0 Å². The molecule has 0 saturated carbocycles. The van der Waals surface area contributed by atoms with Gasteiger partial charge in [-0.05, 0) is 49.7 Å². The van der Waals surface area contributed by atoms with Gasteiger partial charge in [-0.3, -0.25) is 0 Å². The molecule has 0 amide bonds. The van der Waals surface area contributed by atoms with Gasteiger partial charge in [0, 0.05) is 36.9 Å². The smallest absolute Gasteiger partial charge is 0.370 e. The molecule has 0 bridgehead atoms. The molecule has 0 spiro atoms. The molecular weight excluding hydrogens is 367 g/mol. The van der Waals surface area contributed by atoms with Crippen molar-refractivity contribution in [3.63, 3.8) is 0 Å². The van der Waals surface area contributed by atoms with Gasteiger partial charge in [-0.25, -0.2) is 4.98 Å². The number of piperidine rings is 1. The van der Waals surface area contributed by atoms with Gasteiger partial charge in [0.15, 0.2) is 5.69 Å². The van der Waals surface area contributed by atoms with E-state index in [0.717, 1.165) is 19.0 Å². The van der Waals surface area contributed by atoms with Crippen LogP contribution in [0.3, 0.4) is 0 Å². The normalized spacial score (nSPS) is 21.1. The van der Waals surface area contributed by atoms with Crippen LogP contribution in [0.25, 0.3) is 0 Å². The van der Waals surface area contributed by atoms with Crippen molar-refractivity contribution in [3.05, 3.63) is 46.8 Å². The van der Waals surface area contributed by atoms with Gasteiger partial charge in [-0.1, -0.05) is 0 Å². The summed E-state index contributed by atoms with van der Waals surface area (Å²) in [5.41, 5.74) is 1.84. The number of pyridine rings is 1. The molecule has 2 N–H and O–H groups in total. The maximum absolute atomic E-state index is 13.9. The van der Waals surface area contributed by atoms with Crippen molar-refractivity contribution in [2.75, 3.05) is 30.4 Å². The third kappa shape index (κ3) is 3.06. The average Bonchev–Trinajstić information content (AvgIpc) is 2.95. The number of nitrogens with zero attached hydrogens (tertiary/aromatic N) is 3. The molecule has 1 aromatic carbocycles. The maximum atomic E-state index is 13.9. The Hall–Kier alpha value is -2.79. The van der Waals surface area contributed by atoms with Crippen LogP contribution < -0.4 is 15.5 Å². The number of hydrogen-bond acceptors (Lipinski definition) is 5. The van der Waals surface area contributed by atoms with Crippen LogP contribution in [0.1, 0.15) is 34.9 Å². The van der Waals surface area contributed by atoms with Crippen LogP contribution in [-0.2, 0) is 6.18 Å². The van der Waals surface area contributed by atoms with Crippen LogP contribution in [0, 0.1) is 18.3 Å². The van der Waals surface area contributed by atoms with Crippen LogP contribution in [0.15, 0.2) is 24.3 Å². The Morgan fingerprint density at radius 1 is 1.32 bits per heavy atom. The number of fused-ring (bicyclic) bond motifs is 3. The zero-order chi connectivity index (χ0) is 20.1. The summed E-state index contributed by atoms with van der Waals surface area (Å²) in [5.74, 6) is 0.00294. The molecule has 0 aliphatic carbocycles. The van der Waals surface area contributed by atoms with Crippen molar-refractivity contribution < 1.29 is 13.2 Å². The van der Waals surface area contributed by atoms with E-state index in [-0.39, 0.29) is 23.3 Å². The van der Waals surface area contributed by atoms with Crippen LogP contribution in [0.4, 0.5) is 30.2 Å². The maximum Gasteiger partial charge on any atom is 0.418 e. The third-order valence-corrected chi connectivity index (χ3v) is 5.56. The van der Waals surface area contributed by atoms with E-state index in [0.29, 0.717) is 29.2 Å². The number of nitriles is 1. The summed E-state index contributed by atoms with van der Waals surface area (Å²) in [5, 5.41) is 15.6. The summed E-state index contributed by atoms with van der Waals surface area (Å²) in [6.07, 6.45) is -3.67. The average molecular weight is 387 g/mol. The summed E-state index contributed by atoms with van der Waals surface area (Å²) in [4.78, 5) is 5.92. The summed E-state index contributed by atoms with van der Waals surface area (Å²) in [7, 11) is 1.74. The highest BCUT2D eigenvalue weighted by Gasteiger charge is 2.45. The molecule has 28 heavy (non-hydrogen) atoms. The fourth-order valence-corrected chi connectivity index (χ4v) is 4.31. The molecule has 2 aromatic rings. The molecule has 1 saturated heterocycles. The van der Waals surface area contributed by atoms with Gasteiger partial charge in [0.2, 0.25) is 0 Å². The van der Waals surface area contributed by atoms with Crippen molar-refractivity contribution in [1.82, 2.24) is 10.3 Å². The Balaban J connectivity index is 1.82. The van der Waals surface area contributed by atoms with E-state index in [9.17, 15) is 18.4 Å². The van der Waals surface area contributed by atoms with E-state index in [1.807, 2.05) is 6.07 Å². The SMILES string of the molecule is Cc1ccc(Nc2cc3c(c(C(F)(F)F)c2)N(C)[C@@H]2CCNC[C@H]32)c(C#N)n1. The van der Waals surface area contributed by atoms with Crippen LogP contribution in [0.2, 0.25) is 0 Å². The molecule has 0 radical (unpaired) electrons. The molecule has 3 heterocycles. The number of hydrogen-bond donors (Lipinski definition) is 2. The first-order valence-corrected chi connectivity index (χ1v) is 9.13. The standard InChI is InChI=1S/C20H20F3N5/c1-11-3-4-16(17(9-24)26-11)27-12-7-13-14-10-25-6-5-18(14)28(2)19(13)15(8-12)20(21,22)23/h3-4,7-8,14,18,25,27H,5-6,10H2,1-2H3/t14-,18-/m1/s1. The van der Waals surface area contributed by atoms with Crippen molar-refractivity contribution in [2.24, 2.45) is 0 Å². The lowest BCUT2D eigenvalue weighted by atomic mass is 9.89. The lowest BCUT2D eigenvalue weighted by Crippen LogP contribution is -2.42. The number of nitrogens with one attached hydrogen (secondary N) is 2. The van der Waals surface area contributed by atoms with E-state index >= 15 is 0 Å². The molecular formula is C20H20F3N5. The first kappa shape index (κ1) is 18.6. The lowest BCUT2D eigenvalue weighted by molar-refractivity contribution is -0.137. The van der Waals surface area contributed by atoms with Gasteiger partial charge >= 0.3 is 6.18 Å². The zero-order valence-electron chi connectivity index (χ0n) is 15.6. The number of halogens is 3. The van der Waals surface area contributed by atoms with Crippen LogP contribution in [0.5, 0.6) is 0 Å². The van der Waals surface area contributed by atoms with E-state index in [4.69, 9.17) is 0 Å². The van der Waals surface area contributed by atoms with E-state index in [1.54, 1.807) is 37.1 Å². The van der Waals surface area contributed by atoms with Crippen molar-refractivity contribution in [3.8, 4) is 6.07 Å². The monoisotopic (exact) mass is 387 g/mol. The number of rotatable bonds is 2. The fraction of sp³-hybridized carbons (Fsp3) is 0.400. The molecule has 5 nitrogen and oxygen atoms in total. The minimum Gasteiger partial charge on any atom is -0.370 e. The minimum atomic E-state index is -4.47. The molecule has 0 unspecified atom stereocenters. The molecule has 2 aliphatic heterocycles. The predicted octanol–water partition coefficient (Wildman–Crippen LogP) is 3.92. The van der Waals surface area contributed by atoms with Gasteiger partial charge in [-0.2, -0.15) is 18.4 Å². The number of aryl methyl sites for hydroxylation is 1. The summed E-state index contributed by atoms with van der Waals surface area (Å²) < 4.78 is 41.6. The number of anilines is 3. The summed E-state index contributed by atoms with van der Waals surface area (Å²) in [6.45, 7) is 3.21. The van der Waals surface area contributed by atoms with Crippen molar-refractivity contribution >= 4 is 17.1 Å². The highest BCUT2D eigenvalue weighted by Crippen LogP contribution is 2.50. The molecule has 4 rings (SSSR count). The zero-order valence-corrected chi connectivity index (χ0v) is 15.6. The quantitative estimate of drug-likeness (QED) is 0.818. The minimum absolute atomic E-state index is 0.00294. The first-order valence-electron chi connectivity index (χ1n) is 9.13. The van der Waals surface area contributed by atoms with Gasteiger partial charge in [0.1, 0.15) is 6.07 Å². The number of alkyl halides is 3. The highest BCUT2D eigenvalue weighted by molar-refractivity contribution is 5.75. The van der Waals surface area contributed by atoms with E-state index in [1.165, 1.54) is 0 Å². The van der Waals surface area contributed by atoms with Crippen molar-refractivity contribution in [1.29, 1.82) is 5.26 Å². The number of benzene rings is 1. The molecule has 1 fully saturated rings. The molecule has 8 heteroatoms. The van der Waals surface area contributed by atoms with Crippen molar-refractivity contribution in [2.45, 2.75) is 31.5 Å². The lowest BCUT2D eigenvalue weighted by Gasteiger charge is -2.31. The second kappa shape index (κ2) is 6.67. The second-order valence-electron chi connectivity index (χ2n) is 7.32. The van der Waals surface area contributed by atoms with Crippen LogP contribution >= 0.6 is 0 Å². The van der Waals surface area contributed by atoms with E-state index in [2.05, 4.69) is 15.6 Å². The first-order chi connectivity index (χ1) is 13.3. The Labute approximate surface area is 161 Å². The largest absolute Gasteiger partial charge is 0.418 e. The van der Waals surface area contributed by atoms with Gasteiger partial charge in [-0.15, -0.1) is 0 Å². The molecule has 1 aromatic heterocycles. The highest BCUT2D eigenvalue weighted by atomic mass is 19.4. The Morgan fingerprint density at radius 2 is 2.11 bits per heavy atom. The molecule has 146 valence electrons. The Morgan fingerprint density at radius 3 is 2.82 bits per heavy atom. The van der Waals surface area contributed by atoms with Gasteiger partial charge < -0.3 is 15.5 Å². The second-order valence-corrected chi connectivity index (χ2v) is 7.32. The summed E-state index contributed by atoms with van der Waals surface area (Å²) >= 11 is 0. The predicted molar refractivity (Wildman–Crippen MR) is 101 cm³/mol. The number of likely N-dealkylation sites (N-methyl/N-ethyl adjacent to an activating group) is 1. The topological polar surface area (TPSA) is 64.0 Å². The Bertz CT molecular complexity index is 964. The molecule has 2 atom stereocenters. The van der Waals surface area contributed by atoms with Crippen LogP contribution in [-0.4, -0.2) is 31.2 Å². The number of aromatic nitrogens is 1. The fourth-order valence-electron chi connectivity index (χ4n) is 4.31. The third-order valence-electron chi connectivity index (χ3n) is 5.56. The Kier molecular flexibility index (Phi) is 4.42.